The highest BCUT2D eigenvalue weighted by atomic mass is 16.4. The predicted octanol–water partition coefficient (Wildman–Crippen LogP) is 3.14. The Morgan fingerprint density at radius 2 is 2.04 bits per heavy atom. The van der Waals surface area contributed by atoms with Crippen LogP contribution in [0.25, 0.3) is 0 Å². The standard InChI is InChI=1S/C22H34N2O4/c1-17-16-24(13-10-20(26)23-12-5-3-4-9-21(27)28)14-11-22(17,2)18-7-6-8-19(25)15-18/h6-8,15,17,25H,3-5,9-14,16H2,1-2H3,(H,23,26)(H,27,28)/t17-,22+/m0/s1. The maximum absolute atomic E-state index is 12.0. The number of hydrogen-bond acceptors (Lipinski definition) is 4. The smallest absolute Gasteiger partial charge is 0.303 e. The van der Waals surface area contributed by atoms with Crippen LogP contribution in [-0.2, 0) is 15.0 Å². The molecule has 1 heterocycles. The second-order valence-corrected chi connectivity index (χ2v) is 8.22. The van der Waals surface area contributed by atoms with Gasteiger partial charge in [0.2, 0.25) is 5.91 Å². The normalized spacial score (nSPS) is 22.7. The van der Waals surface area contributed by atoms with E-state index in [4.69, 9.17) is 5.11 Å². The number of rotatable bonds is 10. The van der Waals surface area contributed by atoms with Gasteiger partial charge in [-0.2, -0.15) is 0 Å². The zero-order chi connectivity index (χ0) is 20.6. The first-order valence-corrected chi connectivity index (χ1v) is 10.3. The van der Waals surface area contributed by atoms with Crippen molar-refractivity contribution in [2.45, 2.75) is 57.8 Å². The number of carboxylic acid groups (broad SMARTS) is 1. The minimum atomic E-state index is -0.764. The van der Waals surface area contributed by atoms with Crippen LogP contribution < -0.4 is 5.32 Å². The Morgan fingerprint density at radius 1 is 1.25 bits per heavy atom. The number of hydrogen-bond donors (Lipinski definition) is 3. The van der Waals surface area contributed by atoms with Gasteiger partial charge < -0.3 is 20.4 Å². The summed E-state index contributed by atoms with van der Waals surface area (Å²) in [5.41, 5.74) is 1.22. The van der Waals surface area contributed by atoms with Crippen LogP contribution in [0.4, 0.5) is 0 Å². The maximum Gasteiger partial charge on any atom is 0.303 e. The summed E-state index contributed by atoms with van der Waals surface area (Å²) < 4.78 is 0. The van der Waals surface area contributed by atoms with Crippen LogP contribution in [0.5, 0.6) is 5.75 Å². The summed E-state index contributed by atoms with van der Waals surface area (Å²) in [6.07, 6.45) is 4.00. The van der Waals surface area contributed by atoms with Crippen LogP contribution >= 0.6 is 0 Å². The van der Waals surface area contributed by atoms with Crippen LogP contribution in [0, 0.1) is 5.92 Å². The number of carbonyl (C=O) groups excluding carboxylic acids is 1. The molecule has 3 N–H and O–H groups in total. The number of carboxylic acids is 1. The number of carbonyl (C=O) groups is 2. The third kappa shape index (κ3) is 6.51. The highest BCUT2D eigenvalue weighted by molar-refractivity contribution is 5.76. The van der Waals surface area contributed by atoms with Gasteiger partial charge in [0.15, 0.2) is 0 Å². The fraction of sp³-hybridized carbons (Fsp3) is 0.636. The van der Waals surface area contributed by atoms with E-state index in [-0.39, 0.29) is 17.7 Å². The quantitative estimate of drug-likeness (QED) is 0.534. The van der Waals surface area contributed by atoms with E-state index in [1.165, 1.54) is 5.56 Å². The van der Waals surface area contributed by atoms with Crippen molar-refractivity contribution in [3.8, 4) is 5.75 Å². The number of amides is 1. The SMILES string of the molecule is C[C@H]1CN(CCC(=O)NCCCCCC(=O)O)CC[C@@]1(C)c1cccc(O)c1. The molecule has 1 amide bonds. The number of likely N-dealkylation sites (tertiary alicyclic amines) is 1. The molecule has 0 saturated carbocycles. The highest BCUT2D eigenvalue weighted by Crippen LogP contribution is 2.40. The number of aliphatic carboxylic acids is 1. The fourth-order valence-corrected chi connectivity index (χ4v) is 3.96. The molecule has 0 bridgehead atoms. The molecule has 2 rings (SSSR count). The largest absolute Gasteiger partial charge is 0.508 e. The lowest BCUT2D eigenvalue weighted by atomic mass is 9.68. The van der Waals surface area contributed by atoms with E-state index >= 15 is 0 Å². The molecule has 1 aromatic carbocycles. The topological polar surface area (TPSA) is 89.9 Å². The van der Waals surface area contributed by atoms with Gasteiger partial charge in [-0.1, -0.05) is 32.4 Å². The van der Waals surface area contributed by atoms with Gasteiger partial charge in [0.25, 0.3) is 0 Å². The predicted molar refractivity (Wildman–Crippen MR) is 109 cm³/mol. The van der Waals surface area contributed by atoms with E-state index in [2.05, 4.69) is 30.1 Å². The van der Waals surface area contributed by atoms with E-state index in [0.29, 0.717) is 31.1 Å². The first kappa shape index (κ1) is 22.2. The number of piperidine rings is 1. The number of phenolic OH excluding ortho intramolecular Hbond substituents is 1. The van der Waals surface area contributed by atoms with Gasteiger partial charge in [-0.15, -0.1) is 0 Å². The summed E-state index contributed by atoms with van der Waals surface area (Å²) >= 11 is 0. The van der Waals surface area contributed by atoms with Gasteiger partial charge in [-0.25, -0.2) is 0 Å². The summed E-state index contributed by atoms with van der Waals surface area (Å²) in [5.74, 6) is 0.0421. The Bertz CT molecular complexity index is 664. The Balaban J connectivity index is 1.68. The van der Waals surface area contributed by atoms with Crippen molar-refractivity contribution in [2.75, 3.05) is 26.2 Å². The second-order valence-electron chi connectivity index (χ2n) is 8.22. The summed E-state index contributed by atoms with van der Waals surface area (Å²) in [7, 11) is 0. The molecule has 156 valence electrons. The number of unbranched alkanes of at least 4 members (excludes halogenated alkanes) is 2. The summed E-state index contributed by atoms with van der Waals surface area (Å²) in [6, 6.07) is 7.57. The van der Waals surface area contributed by atoms with Gasteiger partial charge in [0, 0.05) is 32.5 Å². The number of phenols is 1. The van der Waals surface area contributed by atoms with Gasteiger partial charge in [0.05, 0.1) is 0 Å². The molecule has 0 spiro atoms. The van der Waals surface area contributed by atoms with Crippen LogP contribution in [0.15, 0.2) is 24.3 Å². The van der Waals surface area contributed by atoms with Crippen molar-refractivity contribution in [2.24, 2.45) is 5.92 Å². The summed E-state index contributed by atoms with van der Waals surface area (Å²) in [4.78, 5) is 24.8. The van der Waals surface area contributed by atoms with Crippen LogP contribution in [0.2, 0.25) is 0 Å². The molecule has 2 atom stereocenters. The minimum Gasteiger partial charge on any atom is -0.508 e. The lowest BCUT2D eigenvalue weighted by molar-refractivity contribution is -0.137. The van der Waals surface area contributed by atoms with Gasteiger partial charge in [-0.05, 0) is 54.8 Å². The number of benzene rings is 1. The molecule has 0 aliphatic carbocycles. The highest BCUT2D eigenvalue weighted by Gasteiger charge is 2.38. The molecule has 0 radical (unpaired) electrons. The van der Waals surface area contributed by atoms with E-state index in [1.807, 2.05) is 12.1 Å². The average molecular weight is 391 g/mol. The Kier molecular flexibility index (Phi) is 8.30. The summed E-state index contributed by atoms with van der Waals surface area (Å²) in [5, 5.41) is 21.3. The van der Waals surface area contributed by atoms with Crippen LogP contribution in [-0.4, -0.2) is 53.2 Å². The molecule has 6 nitrogen and oxygen atoms in total. The van der Waals surface area contributed by atoms with Gasteiger partial charge in [-0.3, -0.25) is 9.59 Å². The van der Waals surface area contributed by atoms with Crippen molar-refractivity contribution in [3.05, 3.63) is 29.8 Å². The maximum atomic E-state index is 12.0. The lowest BCUT2D eigenvalue weighted by Gasteiger charge is -2.45. The van der Waals surface area contributed by atoms with Crippen molar-refractivity contribution < 1.29 is 19.8 Å². The molecule has 1 aliphatic heterocycles. The van der Waals surface area contributed by atoms with Crippen molar-refractivity contribution in [3.63, 3.8) is 0 Å². The second kappa shape index (κ2) is 10.5. The zero-order valence-electron chi connectivity index (χ0n) is 17.1. The number of nitrogens with zero attached hydrogens (tertiary/aromatic N) is 1. The molecule has 0 unspecified atom stereocenters. The van der Waals surface area contributed by atoms with E-state index < -0.39 is 5.97 Å². The molecule has 28 heavy (non-hydrogen) atoms. The monoisotopic (exact) mass is 390 g/mol. The molecule has 1 saturated heterocycles. The van der Waals surface area contributed by atoms with E-state index in [1.54, 1.807) is 6.07 Å². The molecule has 1 fully saturated rings. The fourth-order valence-electron chi connectivity index (χ4n) is 3.96. The van der Waals surface area contributed by atoms with Crippen molar-refractivity contribution >= 4 is 11.9 Å². The minimum absolute atomic E-state index is 0.0352. The van der Waals surface area contributed by atoms with Crippen LogP contribution in [0.1, 0.15) is 57.9 Å². The Labute approximate surface area is 167 Å². The molecular formula is C22H34N2O4. The number of aromatic hydroxyl groups is 1. The lowest BCUT2D eigenvalue weighted by Crippen LogP contribution is -2.48. The molecular weight excluding hydrogens is 356 g/mol. The Morgan fingerprint density at radius 3 is 2.71 bits per heavy atom. The van der Waals surface area contributed by atoms with Crippen LogP contribution in [0.3, 0.4) is 0 Å². The molecule has 1 aromatic rings. The molecule has 1 aliphatic rings. The van der Waals surface area contributed by atoms with Crippen molar-refractivity contribution in [1.29, 1.82) is 0 Å². The zero-order valence-corrected chi connectivity index (χ0v) is 17.1. The third-order valence-corrected chi connectivity index (χ3v) is 6.12. The van der Waals surface area contributed by atoms with Gasteiger partial charge >= 0.3 is 5.97 Å². The summed E-state index contributed by atoms with van der Waals surface area (Å²) in [6.45, 7) is 7.76. The van der Waals surface area contributed by atoms with Gasteiger partial charge in [0.1, 0.15) is 5.75 Å². The first-order chi connectivity index (χ1) is 13.3. The first-order valence-electron chi connectivity index (χ1n) is 10.3. The molecule has 6 heteroatoms. The average Bonchev–Trinajstić information content (AvgIpc) is 2.65. The Hall–Kier alpha value is -2.08. The number of nitrogens with one attached hydrogen (secondary N) is 1. The van der Waals surface area contributed by atoms with E-state index in [0.717, 1.165) is 38.9 Å². The molecule has 0 aromatic heterocycles. The third-order valence-electron chi connectivity index (χ3n) is 6.12. The van der Waals surface area contributed by atoms with Crippen molar-refractivity contribution in [1.82, 2.24) is 10.2 Å². The van der Waals surface area contributed by atoms with E-state index in [9.17, 15) is 14.7 Å².